The first-order chi connectivity index (χ1) is 9.02. The molecule has 1 saturated heterocycles. The molecule has 0 bridgehead atoms. The van der Waals surface area contributed by atoms with Crippen LogP contribution in [0.2, 0.25) is 0 Å². The fraction of sp³-hybridized carbons (Fsp3) is 0.583. The zero-order chi connectivity index (χ0) is 14.0. The van der Waals surface area contributed by atoms with Crippen molar-refractivity contribution in [1.82, 2.24) is 20.0 Å². The molecule has 0 spiro atoms. The van der Waals surface area contributed by atoms with E-state index >= 15 is 0 Å². The fourth-order valence-corrected chi connectivity index (χ4v) is 2.14. The van der Waals surface area contributed by atoms with Crippen molar-refractivity contribution in [2.75, 3.05) is 26.2 Å². The lowest BCUT2D eigenvalue weighted by Crippen LogP contribution is -2.47. The summed E-state index contributed by atoms with van der Waals surface area (Å²) < 4.78 is 1.48. The van der Waals surface area contributed by atoms with Crippen LogP contribution in [0, 0.1) is 0 Å². The first-order valence-electron chi connectivity index (χ1n) is 6.33. The van der Waals surface area contributed by atoms with Crippen LogP contribution in [0.5, 0.6) is 0 Å². The van der Waals surface area contributed by atoms with E-state index < -0.39 is 5.97 Å². The van der Waals surface area contributed by atoms with Crippen LogP contribution in [-0.2, 0) is 0 Å². The average molecular weight is 266 g/mol. The minimum absolute atomic E-state index is 0.0303. The number of rotatable bonds is 3. The highest BCUT2D eigenvalue weighted by Crippen LogP contribution is 2.17. The number of carboxylic acid groups (broad SMARTS) is 1. The molecule has 104 valence electrons. The van der Waals surface area contributed by atoms with Gasteiger partial charge in [-0.25, -0.2) is 4.79 Å². The largest absolute Gasteiger partial charge is 0.478 e. The van der Waals surface area contributed by atoms with Gasteiger partial charge in [0.25, 0.3) is 5.91 Å². The van der Waals surface area contributed by atoms with Crippen molar-refractivity contribution >= 4 is 11.9 Å². The van der Waals surface area contributed by atoms with Crippen molar-refractivity contribution in [2.45, 2.75) is 19.9 Å². The maximum Gasteiger partial charge on any atom is 0.339 e. The minimum atomic E-state index is -1.12. The van der Waals surface area contributed by atoms with E-state index in [0.717, 1.165) is 13.1 Å². The van der Waals surface area contributed by atoms with Gasteiger partial charge in [-0.1, -0.05) is 0 Å². The van der Waals surface area contributed by atoms with E-state index in [0.29, 0.717) is 13.1 Å². The molecule has 1 aromatic heterocycles. The SMILES string of the molecule is CC(C)n1ncc(C(=O)O)c1C(=O)N1CCNCC1. The van der Waals surface area contributed by atoms with Gasteiger partial charge in [0.15, 0.2) is 0 Å². The lowest BCUT2D eigenvalue weighted by molar-refractivity contribution is 0.0664. The highest BCUT2D eigenvalue weighted by atomic mass is 16.4. The Morgan fingerprint density at radius 3 is 2.53 bits per heavy atom. The third-order valence-corrected chi connectivity index (χ3v) is 3.12. The van der Waals surface area contributed by atoms with Crippen LogP contribution in [0.3, 0.4) is 0 Å². The summed E-state index contributed by atoms with van der Waals surface area (Å²) in [5.74, 6) is -1.38. The van der Waals surface area contributed by atoms with Gasteiger partial charge in [0, 0.05) is 32.2 Å². The Labute approximate surface area is 111 Å². The lowest BCUT2D eigenvalue weighted by Gasteiger charge is -2.28. The molecule has 2 N–H and O–H groups in total. The summed E-state index contributed by atoms with van der Waals surface area (Å²) in [5.41, 5.74) is 0.140. The molecule has 19 heavy (non-hydrogen) atoms. The van der Waals surface area contributed by atoms with Crippen LogP contribution >= 0.6 is 0 Å². The Kier molecular flexibility index (Phi) is 3.84. The van der Waals surface area contributed by atoms with Gasteiger partial charge < -0.3 is 15.3 Å². The van der Waals surface area contributed by atoms with E-state index in [9.17, 15) is 14.7 Å². The summed E-state index contributed by atoms with van der Waals surface area (Å²) in [6.45, 7) is 6.36. The standard InChI is InChI=1S/C12H18N4O3/c1-8(2)16-10(9(7-14-16)12(18)19)11(17)15-5-3-13-4-6-15/h7-8,13H,3-6H2,1-2H3,(H,18,19). The van der Waals surface area contributed by atoms with Gasteiger partial charge in [0.05, 0.1) is 6.20 Å². The number of nitrogens with one attached hydrogen (secondary N) is 1. The summed E-state index contributed by atoms with van der Waals surface area (Å²) in [6, 6.07) is -0.0602. The van der Waals surface area contributed by atoms with Crippen LogP contribution in [0.15, 0.2) is 6.20 Å². The van der Waals surface area contributed by atoms with Gasteiger partial charge in [0.2, 0.25) is 0 Å². The molecule has 2 rings (SSSR count). The molecule has 7 nitrogen and oxygen atoms in total. The molecule has 0 radical (unpaired) electrons. The van der Waals surface area contributed by atoms with Crippen molar-refractivity contribution in [3.63, 3.8) is 0 Å². The van der Waals surface area contributed by atoms with Gasteiger partial charge in [-0.2, -0.15) is 5.10 Å². The molecule has 0 aliphatic carbocycles. The number of hydrogen-bond donors (Lipinski definition) is 2. The summed E-state index contributed by atoms with van der Waals surface area (Å²) in [5, 5.41) is 16.4. The van der Waals surface area contributed by atoms with E-state index in [1.165, 1.54) is 10.9 Å². The van der Waals surface area contributed by atoms with Gasteiger partial charge in [0.1, 0.15) is 11.3 Å². The Morgan fingerprint density at radius 2 is 2.00 bits per heavy atom. The predicted molar refractivity (Wildman–Crippen MR) is 68.3 cm³/mol. The third kappa shape index (κ3) is 2.60. The number of carbonyl (C=O) groups is 2. The molecule has 0 atom stereocenters. The number of hydrogen-bond acceptors (Lipinski definition) is 4. The van der Waals surface area contributed by atoms with E-state index in [4.69, 9.17) is 0 Å². The van der Waals surface area contributed by atoms with Crippen molar-refractivity contribution in [2.24, 2.45) is 0 Å². The molecule has 2 heterocycles. The van der Waals surface area contributed by atoms with Crippen LogP contribution in [0.1, 0.15) is 40.7 Å². The minimum Gasteiger partial charge on any atom is -0.478 e. The molecular formula is C12H18N4O3. The quantitative estimate of drug-likeness (QED) is 0.816. The van der Waals surface area contributed by atoms with Gasteiger partial charge in [-0.15, -0.1) is 0 Å². The van der Waals surface area contributed by atoms with Crippen LogP contribution in [-0.4, -0.2) is 57.8 Å². The van der Waals surface area contributed by atoms with Crippen molar-refractivity contribution in [3.8, 4) is 0 Å². The Bertz CT molecular complexity index is 489. The number of carboxylic acids is 1. The second kappa shape index (κ2) is 5.40. The second-order valence-electron chi connectivity index (χ2n) is 4.79. The number of amides is 1. The first kappa shape index (κ1) is 13.5. The number of piperazine rings is 1. The summed E-state index contributed by atoms with van der Waals surface area (Å²) >= 11 is 0. The Morgan fingerprint density at radius 1 is 1.37 bits per heavy atom. The maximum atomic E-state index is 12.5. The molecule has 1 aromatic rings. The first-order valence-corrected chi connectivity index (χ1v) is 6.33. The summed E-state index contributed by atoms with van der Waals surface area (Å²) in [6.07, 6.45) is 1.25. The Balaban J connectivity index is 2.37. The van der Waals surface area contributed by atoms with E-state index in [2.05, 4.69) is 10.4 Å². The smallest absolute Gasteiger partial charge is 0.339 e. The number of carbonyl (C=O) groups excluding carboxylic acids is 1. The average Bonchev–Trinajstić information content (AvgIpc) is 2.83. The molecule has 0 unspecified atom stereocenters. The maximum absolute atomic E-state index is 12.5. The zero-order valence-corrected chi connectivity index (χ0v) is 11.1. The third-order valence-electron chi connectivity index (χ3n) is 3.12. The number of aromatic nitrogens is 2. The molecule has 1 fully saturated rings. The van der Waals surface area contributed by atoms with Gasteiger partial charge >= 0.3 is 5.97 Å². The normalized spacial score (nSPS) is 15.8. The zero-order valence-electron chi connectivity index (χ0n) is 11.1. The van der Waals surface area contributed by atoms with Gasteiger partial charge in [-0.05, 0) is 13.8 Å². The van der Waals surface area contributed by atoms with E-state index in [1.54, 1.807) is 4.90 Å². The van der Waals surface area contributed by atoms with E-state index in [-0.39, 0.29) is 23.2 Å². The molecule has 1 aliphatic heterocycles. The summed E-state index contributed by atoms with van der Waals surface area (Å²) in [7, 11) is 0. The van der Waals surface area contributed by atoms with Crippen LogP contribution in [0.4, 0.5) is 0 Å². The van der Waals surface area contributed by atoms with Gasteiger partial charge in [-0.3, -0.25) is 9.48 Å². The van der Waals surface area contributed by atoms with E-state index in [1.807, 2.05) is 13.8 Å². The second-order valence-corrected chi connectivity index (χ2v) is 4.79. The predicted octanol–water partition coefficient (Wildman–Crippen LogP) is 0.208. The van der Waals surface area contributed by atoms with Crippen molar-refractivity contribution in [1.29, 1.82) is 0 Å². The molecule has 1 amide bonds. The lowest BCUT2D eigenvalue weighted by atomic mass is 10.2. The fourth-order valence-electron chi connectivity index (χ4n) is 2.14. The highest BCUT2D eigenvalue weighted by Gasteiger charge is 2.28. The monoisotopic (exact) mass is 266 g/mol. The molecule has 0 aromatic carbocycles. The number of aromatic carboxylic acids is 1. The molecule has 0 saturated carbocycles. The topological polar surface area (TPSA) is 87.5 Å². The highest BCUT2D eigenvalue weighted by molar-refractivity contribution is 6.03. The van der Waals surface area contributed by atoms with Crippen molar-refractivity contribution < 1.29 is 14.7 Å². The van der Waals surface area contributed by atoms with Crippen molar-refractivity contribution in [3.05, 3.63) is 17.5 Å². The summed E-state index contributed by atoms with van der Waals surface area (Å²) in [4.78, 5) is 25.4. The van der Waals surface area contributed by atoms with Crippen LogP contribution in [0.25, 0.3) is 0 Å². The molecule has 1 aliphatic rings. The number of nitrogens with zero attached hydrogens (tertiary/aromatic N) is 3. The van der Waals surface area contributed by atoms with Crippen LogP contribution < -0.4 is 5.32 Å². The molecule has 7 heteroatoms. The Hall–Kier alpha value is -1.89. The molecular weight excluding hydrogens is 248 g/mol.